The van der Waals surface area contributed by atoms with Gasteiger partial charge in [0, 0.05) is 52.4 Å². The summed E-state index contributed by atoms with van der Waals surface area (Å²) in [6.07, 6.45) is 1.23. The molecule has 4 aromatic rings. The average molecular weight is 1100 g/mol. The van der Waals surface area contributed by atoms with Crippen LogP contribution in [0, 0.1) is 0 Å². The Hall–Kier alpha value is -4.83. The third-order valence-electron chi connectivity index (χ3n) is 14.8. The minimum absolute atomic E-state index is 0.0440. The number of nitrogens with zero attached hydrogens (tertiary/aromatic N) is 2. The molecule has 0 radical (unpaired) electrons. The van der Waals surface area contributed by atoms with E-state index in [0.717, 1.165) is 21.3 Å². The molecule has 5 heterocycles. The Bertz CT molecular complexity index is 2520. The summed E-state index contributed by atoms with van der Waals surface area (Å²) in [6.45, 7) is 19.6. The van der Waals surface area contributed by atoms with Gasteiger partial charge >= 0.3 is 34.4 Å². The molecule has 5 aliphatic heterocycles. The Labute approximate surface area is 441 Å². The Morgan fingerprint density at radius 3 is 1.22 bits per heavy atom. The first-order valence-corrected chi connectivity index (χ1v) is 25.4. The van der Waals surface area contributed by atoms with Crippen molar-refractivity contribution in [1.82, 2.24) is 0 Å². The van der Waals surface area contributed by atoms with Crippen LogP contribution in [0.15, 0.2) is 102 Å². The van der Waals surface area contributed by atoms with Crippen LogP contribution in [0.1, 0.15) is 95.9 Å². The molecule has 398 valence electrons. The predicted molar refractivity (Wildman–Crippen MR) is 283 cm³/mol. The SMILES string of the molecule is CC1(C)OB(B2OC(C)(C)C(C)(C)O2)OC1(C)C.CC1(C)OB(c2ccc(N3CCC(Nc4cccc(OC(F)F)c4)C3=O)cc2)OC1(C)C.O=C1C(Nc2cccc(OC(F)F)c2)CCN1c1ccc(Br)cc1. The second-order valence-electron chi connectivity index (χ2n) is 21.7. The zero-order chi connectivity index (χ0) is 54.2. The maximum absolute atomic E-state index is 12.9. The van der Waals surface area contributed by atoms with Gasteiger partial charge in [0.05, 0.1) is 33.6 Å². The smallest absolute Gasteiger partial charge is 0.435 e. The molecule has 2 N–H and O–H groups in total. The standard InChI is InChI=1S/C23H27BF2N2O4.C17H15BrF2N2O2.C12H24B2O4/c1-22(2)23(3,4)32-24(31-22)15-8-10-17(11-9-15)28-13-12-19(20(28)29)27-16-6-5-7-18(14-16)30-21(25)26;18-11-4-6-13(7-5-11)22-9-8-15(16(22)23)21-12-2-1-3-14(10-12)24-17(19)20;1-9(2)10(3,4)16-13(15-9)14-17-11(5,6)12(7,8)18-14/h5-11,14,19,21,27H,12-13H2,1-4H3;1-7,10,15,17,21H,8-9H2;1-8H3. The molecule has 2 amide bonds. The van der Waals surface area contributed by atoms with Crippen molar-refractivity contribution in [1.29, 1.82) is 0 Å². The number of nitrogens with one attached hydrogen (secondary N) is 2. The largest absolute Gasteiger partial charge is 0.494 e. The molecule has 2 unspecified atom stereocenters. The highest BCUT2D eigenvalue weighted by molar-refractivity contribution is 9.10. The van der Waals surface area contributed by atoms with Crippen molar-refractivity contribution in [3.63, 3.8) is 0 Å². The topological polar surface area (TPSA) is 139 Å². The van der Waals surface area contributed by atoms with Gasteiger partial charge in [0.2, 0.25) is 11.8 Å². The Morgan fingerprint density at radius 2 is 0.865 bits per heavy atom. The summed E-state index contributed by atoms with van der Waals surface area (Å²) in [7, 11) is -1.41. The van der Waals surface area contributed by atoms with Crippen molar-refractivity contribution in [3.05, 3.63) is 102 Å². The summed E-state index contributed by atoms with van der Waals surface area (Å²) >= 11 is 3.37. The number of carbonyl (C=O) groups excluding carboxylic acids is 2. The molecular weight excluding hydrogens is 1030 g/mol. The van der Waals surface area contributed by atoms with Gasteiger partial charge in [-0.15, -0.1) is 0 Å². The van der Waals surface area contributed by atoms with Crippen molar-refractivity contribution in [3.8, 4) is 11.5 Å². The van der Waals surface area contributed by atoms with Crippen molar-refractivity contribution in [2.24, 2.45) is 0 Å². The second-order valence-corrected chi connectivity index (χ2v) is 22.6. The number of amides is 2. The highest BCUT2D eigenvalue weighted by Gasteiger charge is 2.64. The van der Waals surface area contributed by atoms with E-state index in [1.807, 2.05) is 132 Å². The van der Waals surface area contributed by atoms with E-state index in [1.54, 1.807) is 34.1 Å². The molecular formula is C52H66B3BrF4N4O10. The predicted octanol–water partition coefficient (Wildman–Crippen LogP) is 10.3. The number of carbonyl (C=O) groups is 2. The monoisotopic (exact) mass is 1090 g/mol. The van der Waals surface area contributed by atoms with Crippen LogP contribution in [-0.2, 0) is 37.5 Å². The zero-order valence-corrected chi connectivity index (χ0v) is 45.6. The number of anilines is 4. The maximum Gasteiger partial charge on any atom is 0.494 e. The quantitative estimate of drug-likeness (QED) is 0.103. The summed E-state index contributed by atoms with van der Waals surface area (Å²) in [5, 5.41) is 6.21. The van der Waals surface area contributed by atoms with Crippen LogP contribution < -0.4 is 35.4 Å². The average Bonchev–Trinajstić information content (AvgIpc) is 4.03. The fourth-order valence-corrected chi connectivity index (χ4v) is 8.74. The van der Waals surface area contributed by atoms with Crippen LogP contribution >= 0.6 is 15.9 Å². The Balaban J connectivity index is 0.000000169. The molecule has 74 heavy (non-hydrogen) atoms. The number of rotatable bonds is 12. The van der Waals surface area contributed by atoms with Crippen LogP contribution in [0.5, 0.6) is 11.5 Å². The van der Waals surface area contributed by atoms with E-state index in [4.69, 9.17) is 27.9 Å². The van der Waals surface area contributed by atoms with Crippen LogP contribution in [-0.4, -0.2) is 105 Å². The molecule has 22 heteroatoms. The molecule has 2 atom stereocenters. The lowest BCUT2D eigenvalue weighted by molar-refractivity contribution is -0.118. The first-order valence-electron chi connectivity index (χ1n) is 24.6. The summed E-state index contributed by atoms with van der Waals surface area (Å²) in [4.78, 5) is 28.9. The number of halogens is 5. The summed E-state index contributed by atoms with van der Waals surface area (Å²) in [5.41, 5.74) is 1.37. The molecule has 14 nitrogen and oxygen atoms in total. The molecule has 5 fully saturated rings. The van der Waals surface area contributed by atoms with Gasteiger partial charge in [-0.1, -0.05) is 40.2 Å². The fraction of sp³-hybridized carbons (Fsp3) is 0.500. The van der Waals surface area contributed by atoms with E-state index in [9.17, 15) is 27.2 Å². The number of ether oxygens (including phenoxy) is 2. The summed E-state index contributed by atoms with van der Waals surface area (Å²) in [6, 6.07) is 26.7. The lowest BCUT2D eigenvalue weighted by Gasteiger charge is -2.32. The number of alkyl halides is 4. The van der Waals surface area contributed by atoms with Gasteiger partial charge in [-0.2, -0.15) is 17.6 Å². The van der Waals surface area contributed by atoms with Crippen LogP contribution in [0.3, 0.4) is 0 Å². The summed E-state index contributed by atoms with van der Waals surface area (Å²) in [5.74, 6) is -0.0122. The van der Waals surface area contributed by atoms with Gasteiger partial charge < -0.3 is 57.8 Å². The third-order valence-corrected chi connectivity index (χ3v) is 15.4. The molecule has 9 rings (SSSR count). The minimum Gasteiger partial charge on any atom is -0.435 e. The molecule has 0 spiro atoms. The zero-order valence-electron chi connectivity index (χ0n) is 44.0. The van der Waals surface area contributed by atoms with Crippen LogP contribution in [0.25, 0.3) is 0 Å². The van der Waals surface area contributed by atoms with E-state index in [0.29, 0.717) is 37.3 Å². The van der Waals surface area contributed by atoms with Crippen molar-refractivity contribution in [2.45, 2.75) is 155 Å². The van der Waals surface area contributed by atoms with Gasteiger partial charge in [-0.05, 0) is 162 Å². The Morgan fingerprint density at radius 1 is 0.527 bits per heavy atom. The fourth-order valence-electron chi connectivity index (χ4n) is 8.48. The molecule has 4 aromatic carbocycles. The maximum atomic E-state index is 12.9. The molecule has 0 aliphatic carbocycles. The van der Waals surface area contributed by atoms with Crippen LogP contribution in [0.2, 0.25) is 0 Å². The van der Waals surface area contributed by atoms with Crippen molar-refractivity contribution >= 4 is 77.1 Å². The summed E-state index contributed by atoms with van der Waals surface area (Å²) < 4.78 is 95.2. The van der Waals surface area contributed by atoms with Gasteiger partial charge in [-0.3, -0.25) is 9.59 Å². The highest BCUT2D eigenvalue weighted by atomic mass is 79.9. The normalized spacial score (nSPS) is 22.9. The lowest BCUT2D eigenvalue weighted by Crippen LogP contribution is -2.41. The lowest BCUT2D eigenvalue weighted by atomic mass is 9.49. The molecule has 0 saturated carbocycles. The van der Waals surface area contributed by atoms with E-state index in [1.165, 1.54) is 24.3 Å². The van der Waals surface area contributed by atoms with Gasteiger partial charge in [0.15, 0.2) is 0 Å². The number of hydrogen-bond donors (Lipinski definition) is 2. The van der Waals surface area contributed by atoms with Gasteiger partial charge in [0.25, 0.3) is 0 Å². The first kappa shape index (κ1) is 56.9. The molecule has 0 aromatic heterocycles. The first-order chi connectivity index (χ1) is 34.5. The number of hydrogen-bond acceptors (Lipinski definition) is 12. The molecule has 5 saturated heterocycles. The highest BCUT2D eigenvalue weighted by Crippen LogP contribution is 2.43. The van der Waals surface area contributed by atoms with Crippen LogP contribution in [0.4, 0.5) is 40.3 Å². The third kappa shape index (κ3) is 13.0. The van der Waals surface area contributed by atoms with E-state index < -0.39 is 57.6 Å². The van der Waals surface area contributed by atoms with Gasteiger partial charge in [-0.25, -0.2) is 0 Å². The van der Waals surface area contributed by atoms with E-state index in [2.05, 4.69) is 36.0 Å². The molecule has 5 aliphatic rings. The Kier molecular flexibility index (Phi) is 16.9. The molecule has 0 bridgehead atoms. The van der Waals surface area contributed by atoms with Crippen molar-refractivity contribution < 1.29 is 64.6 Å². The van der Waals surface area contributed by atoms with E-state index in [-0.39, 0.29) is 45.7 Å². The van der Waals surface area contributed by atoms with E-state index >= 15 is 0 Å². The minimum atomic E-state index is -2.89. The van der Waals surface area contributed by atoms with Gasteiger partial charge in [0.1, 0.15) is 23.6 Å². The van der Waals surface area contributed by atoms with Crippen molar-refractivity contribution in [2.75, 3.05) is 33.5 Å². The second kappa shape index (κ2) is 22.0. The number of benzene rings is 4.